The third-order valence-electron chi connectivity index (χ3n) is 3.36. The number of hydrogen-bond donors (Lipinski definition) is 1. The minimum Gasteiger partial charge on any atom is -0.497 e. The minimum absolute atomic E-state index is 0.0829. The number of carbonyl (C=O) groups is 1. The van der Waals surface area contributed by atoms with E-state index in [1.54, 1.807) is 19.2 Å². The topological polar surface area (TPSA) is 81.9 Å². The first kappa shape index (κ1) is 14.8. The van der Waals surface area contributed by atoms with Crippen molar-refractivity contribution in [3.8, 4) is 5.75 Å². The van der Waals surface area contributed by atoms with Crippen molar-refractivity contribution in [2.24, 2.45) is 0 Å². The molecule has 0 spiro atoms. The molecule has 1 amide bonds. The van der Waals surface area contributed by atoms with E-state index in [4.69, 9.17) is 4.74 Å². The van der Waals surface area contributed by atoms with Crippen molar-refractivity contribution in [1.82, 2.24) is 20.2 Å². The maximum absolute atomic E-state index is 12.2. The first-order valence-electron chi connectivity index (χ1n) is 7.07. The monoisotopic (exact) mass is 319 g/mol. The van der Waals surface area contributed by atoms with Crippen molar-refractivity contribution in [3.63, 3.8) is 0 Å². The zero-order valence-electron chi connectivity index (χ0n) is 12.4. The van der Waals surface area contributed by atoms with Crippen molar-refractivity contribution in [2.75, 3.05) is 12.4 Å². The molecule has 1 aliphatic rings. The van der Waals surface area contributed by atoms with Gasteiger partial charge in [0.15, 0.2) is 0 Å². The van der Waals surface area contributed by atoms with Gasteiger partial charge in [-0.05, 0) is 54.5 Å². The number of nitrogens with zero attached hydrogens (tertiary/aromatic N) is 4. The second-order valence-corrected chi connectivity index (χ2v) is 6.42. The average Bonchev–Trinajstić information content (AvgIpc) is 3.28. The second kappa shape index (κ2) is 6.35. The Hall–Kier alpha value is -2.09. The largest absolute Gasteiger partial charge is 0.497 e. The van der Waals surface area contributed by atoms with Crippen molar-refractivity contribution >= 4 is 23.4 Å². The fourth-order valence-corrected chi connectivity index (χ4v) is 2.80. The van der Waals surface area contributed by atoms with Gasteiger partial charge in [0.2, 0.25) is 11.1 Å². The van der Waals surface area contributed by atoms with E-state index in [0.29, 0.717) is 11.2 Å². The molecule has 1 aromatic carbocycles. The highest BCUT2D eigenvalue weighted by molar-refractivity contribution is 8.00. The van der Waals surface area contributed by atoms with Crippen molar-refractivity contribution in [2.45, 2.75) is 36.2 Å². The summed E-state index contributed by atoms with van der Waals surface area (Å²) in [6, 6.07) is 7.63. The molecule has 3 rings (SSSR count). The summed E-state index contributed by atoms with van der Waals surface area (Å²) in [4.78, 5) is 12.2. The number of hydrogen-bond acceptors (Lipinski definition) is 6. The standard InChI is InChI=1S/C14H17N5O2S/c1-9(22-14-16-17-18-19(14)11-5-6-11)13(20)15-10-3-7-12(21-2)8-4-10/h3-4,7-9,11H,5-6H2,1-2H3,(H,15,20). The molecule has 116 valence electrons. The predicted octanol–water partition coefficient (Wildman–Crippen LogP) is 2.14. The van der Waals surface area contributed by atoms with Gasteiger partial charge in [-0.2, -0.15) is 0 Å². The van der Waals surface area contributed by atoms with Crippen molar-refractivity contribution < 1.29 is 9.53 Å². The number of nitrogens with one attached hydrogen (secondary N) is 1. The van der Waals surface area contributed by atoms with Gasteiger partial charge in [-0.25, -0.2) is 4.68 Å². The van der Waals surface area contributed by atoms with Crippen LogP contribution >= 0.6 is 11.8 Å². The third kappa shape index (κ3) is 3.38. The summed E-state index contributed by atoms with van der Waals surface area (Å²) in [5.41, 5.74) is 0.736. The van der Waals surface area contributed by atoms with E-state index >= 15 is 0 Å². The Labute approximate surface area is 132 Å². The number of methoxy groups -OCH3 is 1. The maximum Gasteiger partial charge on any atom is 0.237 e. The Morgan fingerprint density at radius 3 is 2.77 bits per heavy atom. The van der Waals surface area contributed by atoms with Crippen LogP contribution in [0, 0.1) is 0 Å². The van der Waals surface area contributed by atoms with Crippen LogP contribution < -0.4 is 10.1 Å². The van der Waals surface area contributed by atoms with Gasteiger partial charge in [0.25, 0.3) is 0 Å². The molecular weight excluding hydrogens is 302 g/mol. The number of ether oxygens (including phenoxy) is 1. The minimum atomic E-state index is -0.286. The van der Waals surface area contributed by atoms with Crippen LogP contribution in [0.15, 0.2) is 29.4 Å². The van der Waals surface area contributed by atoms with E-state index in [0.717, 1.165) is 24.3 Å². The second-order valence-electron chi connectivity index (χ2n) is 5.12. The van der Waals surface area contributed by atoms with Gasteiger partial charge in [-0.15, -0.1) is 5.10 Å². The summed E-state index contributed by atoms with van der Waals surface area (Å²) in [5.74, 6) is 0.671. The quantitative estimate of drug-likeness (QED) is 0.822. The van der Waals surface area contributed by atoms with Crippen LogP contribution in [-0.4, -0.2) is 38.5 Å². The van der Waals surface area contributed by atoms with Gasteiger partial charge in [-0.1, -0.05) is 11.8 Å². The van der Waals surface area contributed by atoms with Gasteiger partial charge in [0.05, 0.1) is 18.4 Å². The van der Waals surface area contributed by atoms with E-state index in [-0.39, 0.29) is 11.2 Å². The molecule has 2 aromatic rings. The lowest BCUT2D eigenvalue weighted by Crippen LogP contribution is -2.22. The van der Waals surface area contributed by atoms with Crippen LogP contribution in [0.4, 0.5) is 5.69 Å². The van der Waals surface area contributed by atoms with E-state index < -0.39 is 0 Å². The van der Waals surface area contributed by atoms with Gasteiger partial charge < -0.3 is 10.1 Å². The molecule has 1 aliphatic carbocycles. The van der Waals surface area contributed by atoms with Gasteiger partial charge in [-0.3, -0.25) is 4.79 Å². The van der Waals surface area contributed by atoms with Crippen molar-refractivity contribution in [3.05, 3.63) is 24.3 Å². The highest BCUT2D eigenvalue weighted by Gasteiger charge is 2.29. The fraction of sp³-hybridized carbons (Fsp3) is 0.429. The number of thioether (sulfide) groups is 1. The van der Waals surface area contributed by atoms with E-state index in [9.17, 15) is 4.79 Å². The Morgan fingerprint density at radius 1 is 1.41 bits per heavy atom. The van der Waals surface area contributed by atoms with Crippen LogP contribution in [0.2, 0.25) is 0 Å². The Bertz CT molecular complexity index is 654. The first-order chi connectivity index (χ1) is 10.7. The van der Waals surface area contributed by atoms with Crippen LogP contribution in [0.5, 0.6) is 5.75 Å². The summed E-state index contributed by atoms with van der Waals surface area (Å²) in [6.45, 7) is 1.84. The molecular formula is C14H17N5O2S. The molecule has 7 nitrogen and oxygen atoms in total. The molecule has 1 N–H and O–H groups in total. The molecule has 1 saturated carbocycles. The Morgan fingerprint density at radius 2 is 2.14 bits per heavy atom. The summed E-state index contributed by atoms with van der Waals surface area (Å²) < 4.78 is 6.90. The van der Waals surface area contributed by atoms with Gasteiger partial charge >= 0.3 is 0 Å². The van der Waals surface area contributed by atoms with Crippen LogP contribution in [0.1, 0.15) is 25.8 Å². The van der Waals surface area contributed by atoms with Crippen LogP contribution in [0.25, 0.3) is 0 Å². The lowest BCUT2D eigenvalue weighted by molar-refractivity contribution is -0.115. The zero-order valence-corrected chi connectivity index (χ0v) is 13.2. The van der Waals surface area contributed by atoms with Crippen LogP contribution in [0.3, 0.4) is 0 Å². The van der Waals surface area contributed by atoms with E-state index in [1.165, 1.54) is 11.8 Å². The highest BCUT2D eigenvalue weighted by atomic mass is 32.2. The number of rotatable bonds is 6. The van der Waals surface area contributed by atoms with E-state index in [1.807, 2.05) is 23.7 Å². The summed E-state index contributed by atoms with van der Waals surface area (Å²) in [7, 11) is 1.61. The Kier molecular flexibility index (Phi) is 4.28. The summed E-state index contributed by atoms with van der Waals surface area (Å²) in [6.07, 6.45) is 2.20. The number of amides is 1. The molecule has 0 aliphatic heterocycles. The smallest absolute Gasteiger partial charge is 0.237 e. The molecule has 1 aromatic heterocycles. The molecule has 1 heterocycles. The van der Waals surface area contributed by atoms with Gasteiger partial charge in [0.1, 0.15) is 5.75 Å². The Balaban J connectivity index is 1.60. The zero-order chi connectivity index (χ0) is 15.5. The third-order valence-corrected chi connectivity index (χ3v) is 4.41. The molecule has 22 heavy (non-hydrogen) atoms. The molecule has 0 radical (unpaired) electrons. The summed E-state index contributed by atoms with van der Waals surface area (Å²) in [5, 5.41) is 15.0. The maximum atomic E-state index is 12.2. The SMILES string of the molecule is COc1ccc(NC(=O)C(C)Sc2nnnn2C2CC2)cc1. The molecule has 8 heteroatoms. The number of tetrazole rings is 1. The predicted molar refractivity (Wildman–Crippen MR) is 83.0 cm³/mol. The number of anilines is 1. The van der Waals surface area contributed by atoms with Crippen molar-refractivity contribution in [1.29, 1.82) is 0 Å². The number of benzene rings is 1. The lowest BCUT2D eigenvalue weighted by Gasteiger charge is -2.11. The fourth-order valence-electron chi connectivity index (χ4n) is 1.94. The molecule has 1 atom stereocenters. The summed E-state index contributed by atoms with van der Waals surface area (Å²) >= 11 is 1.37. The van der Waals surface area contributed by atoms with Gasteiger partial charge in [0, 0.05) is 5.69 Å². The lowest BCUT2D eigenvalue weighted by atomic mass is 10.3. The normalized spacial score (nSPS) is 15.4. The molecule has 0 saturated heterocycles. The van der Waals surface area contributed by atoms with Crippen LogP contribution in [-0.2, 0) is 4.79 Å². The number of carbonyl (C=O) groups excluding carboxylic acids is 1. The highest BCUT2D eigenvalue weighted by Crippen LogP contribution is 2.37. The molecule has 1 fully saturated rings. The average molecular weight is 319 g/mol. The molecule has 0 bridgehead atoms. The first-order valence-corrected chi connectivity index (χ1v) is 7.95. The molecule has 1 unspecified atom stereocenters. The number of aromatic nitrogens is 4. The van der Waals surface area contributed by atoms with E-state index in [2.05, 4.69) is 20.8 Å².